The highest BCUT2D eigenvalue weighted by molar-refractivity contribution is 7.70. The van der Waals surface area contributed by atoms with Crippen LogP contribution in [0.3, 0.4) is 0 Å². The maximum Gasteiger partial charge on any atom is 0.246 e. The summed E-state index contributed by atoms with van der Waals surface area (Å²) in [7, 11) is -0.985. The molecule has 0 saturated carbocycles. The Bertz CT molecular complexity index is 2850. The highest BCUT2D eigenvalue weighted by Gasteiger charge is 2.44. The van der Waals surface area contributed by atoms with Crippen molar-refractivity contribution in [3.8, 4) is 16.2 Å². The number of carbonyl (C=O) groups excluding carboxylic acids is 4. The lowest BCUT2D eigenvalue weighted by Gasteiger charge is -2.35. The Morgan fingerprint density at radius 1 is 0.908 bits per heavy atom. The third-order valence-corrected chi connectivity index (χ3v) is 16.0. The number of aliphatic hydroxyl groups excluding tert-OH is 1. The van der Waals surface area contributed by atoms with Crippen LogP contribution in [0.2, 0.25) is 5.02 Å². The van der Waals surface area contributed by atoms with Crippen molar-refractivity contribution < 1.29 is 43.1 Å². The standard InChI is InChI=1S/C54H70ClN10O9PS/c1-34-48(76-33-58-34)36-14-12-35(13-15-36)30-56-51(69)43-29-39(66)32-65(43)52(70)49(54(2,3)4)62-47(68)21-25-74-27-26-73-24-20-46(67)59-37-18-22-64(23-19-37)38-16-17-41(44(28-38)72-5)61-53-57-31-40(55)50(63-53)60-42-10-8-9-11-45(42)75(6,7)71/h8-17,28,31,33,37,39,43,49,66H,18-27,29-30,32H2,1-7H3,(H,56,69)(H,59,67)(H,62,68)(H2,57,60,61,63)/t39-,43+,49?/m1/s1. The number of anilines is 5. The zero-order valence-electron chi connectivity index (χ0n) is 44.2. The van der Waals surface area contributed by atoms with Gasteiger partial charge >= 0.3 is 0 Å². The van der Waals surface area contributed by atoms with E-state index in [1.165, 1.54) is 11.1 Å². The number of amides is 4. The van der Waals surface area contributed by atoms with Crippen molar-refractivity contribution in [2.24, 2.45) is 5.41 Å². The first kappa shape index (κ1) is 57.6. The van der Waals surface area contributed by atoms with Crippen LogP contribution in [0.25, 0.3) is 10.4 Å². The molecular formula is C54H70ClN10O9PS. The van der Waals surface area contributed by atoms with Crippen molar-refractivity contribution in [2.75, 3.05) is 82.0 Å². The molecular weight excluding hydrogens is 1030 g/mol. The van der Waals surface area contributed by atoms with Crippen molar-refractivity contribution in [2.45, 2.75) is 90.6 Å². The Morgan fingerprint density at radius 3 is 2.26 bits per heavy atom. The van der Waals surface area contributed by atoms with Crippen molar-refractivity contribution in [1.29, 1.82) is 0 Å². The van der Waals surface area contributed by atoms with E-state index in [4.69, 9.17) is 25.8 Å². The highest BCUT2D eigenvalue weighted by atomic mass is 35.5. The summed E-state index contributed by atoms with van der Waals surface area (Å²) in [6.45, 7) is 13.3. The van der Waals surface area contributed by atoms with Gasteiger partial charge in [0.2, 0.25) is 29.6 Å². The second kappa shape index (κ2) is 26.3. The van der Waals surface area contributed by atoms with Crippen LogP contribution in [-0.4, -0.2) is 139 Å². The average molecular weight is 1100 g/mol. The van der Waals surface area contributed by atoms with Gasteiger partial charge in [0.15, 0.2) is 5.82 Å². The van der Waals surface area contributed by atoms with Gasteiger partial charge in [-0.1, -0.05) is 68.8 Å². The van der Waals surface area contributed by atoms with E-state index in [2.05, 4.69) is 46.4 Å². The van der Waals surface area contributed by atoms with Gasteiger partial charge in [0, 0.05) is 68.5 Å². The predicted molar refractivity (Wildman–Crippen MR) is 298 cm³/mol. The number of nitrogens with one attached hydrogen (secondary N) is 5. The molecule has 76 heavy (non-hydrogen) atoms. The fourth-order valence-corrected chi connectivity index (χ4v) is 11.1. The largest absolute Gasteiger partial charge is 0.494 e. The second-order valence-electron chi connectivity index (χ2n) is 20.4. The number of ether oxygens (including phenoxy) is 3. The van der Waals surface area contributed by atoms with E-state index in [-0.39, 0.29) is 82.5 Å². The minimum absolute atomic E-state index is 0.00786. The van der Waals surface area contributed by atoms with Gasteiger partial charge in [-0.25, -0.2) is 9.97 Å². The molecule has 2 aliphatic rings. The van der Waals surface area contributed by atoms with Gasteiger partial charge in [-0.15, -0.1) is 11.3 Å². The fraction of sp³-hybridized carbons (Fsp3) is 0.463. The molecule has 4 heterocycles. The van der Waals surface area contributed by atoms with Gasteiger partial charge in [0.25, 0.3) is 0 Å². The van der Waals surface area contributed by atoms with E-state index in [1.807, 2.05) is 99.9 Å². The molecule has 2 aromatic heterocycles. The lowest BCUT2D eigenvalue weighted by atomic mass is 9.85. The van der Waals surface area contributed by atoms with Gasteiger partial charge in [-0.05, 0) is 73.9 Å². The molecule has 0 radical (unpaired) electrons. The number of hydrogen-bond donors (Lipinski definition) is 6. The van der Waals surface area contributed by atoms with E-state index in [0.717, 1.165) is 53.3 Å². The molecule has 3 atom stereocenters. The van der Waals surface area contributed by atoms with Gasteiger partial charge in [0.1, 0.15) is 30.0 Å². The summed E-state index contributed by atoms with van der Waals surface area (Å²) in [5, 5.41) is 26.9. The van der Waals surface area contributed by atoms with Crippen LogP contribution >= 0.6 is 30.1 Å². The van der Waals surface area contributed by atoms with Crippen molar-refractivity contribution in [3.05, 3.63) is 94.7 Å². The Labute approximate surface area is 453 Å². The lowest BCUT2D eigenvalue weighted by molar-refractivity contribution is -0.144. The van der Waals surface area contributed by atoms with Crippen molar-refractivity contribution >= 4 is 87.8 Å². The third-order valence-electron chi connectivity index (χ3n) is 13.2. The number of aryl methyl sites for hydroxylation is 1. The summed E-state index contributed by atoms with van der Waals surface area (Å²) < 4.78 is 30.0. The Balaban J connectivity index is 0.772. The zero-order valence-corrected chi connectivity index (χ0v) is 46.7. The number of aromatic nitrogens is 3. The van der Waals surface area contributed by atoms with Crippen LogP contribution in [0, 0.1) is 12.3 Å². The van der Waals surface area contributed by atoms with Gasteiger partial charge in [-0.2, -0.15) is 4.98 Å². The average Bonchev–Trinajstić information content (AvgIpc) is 4.02. The minimum Gasteiger partial charge on any atom is -0.494 e. The number of halogens is 1. The van der Waals surface area contributed by atoms with E-state index in [1.54, 1.807) is 31.8 Å². The number of piperidine rings is 1. The molecule has 2 saturated heterocycles. The second-order valence-corrected chi connectivity index (χ2v) is 24.8. The summed E-state index contributed by atoms with van der Waals surface area (Å²) in [4.78, 5) is 71.4. The molecule has 0 spiro atoms. The number of rotatable bonds is 23. The van der Waals surface area contributed by atoms with Gasteiger partial charge in [-0.3, -0.25) is 19.2 Å². The maximum absolute atomic E-state index is 14.0. The van der Waals surface area contributed by atoms with E-state index in [9.17, 15) is 28.8 Å². The van der Waals surface area contributed by atoms with E-state index in [0.29, 0.717) is 39.2 Å². The number of thiazole rings is 1. The normalized spacial score (nSPS) is 16.5. The molecule has 1 unspecified atom stereocenters. The zero-order chi connectivity index (χ0) is 54.6. The number of para-hydroxylation sites is 1. The molecule has 2 aliphatic heterocycles. The topological polar surface area (TPSA) is 239 Å². The maximum atomic E-state index is 14.0. The van der Waals surface area contributed by atoms with Crippen molar-refractivity contribution in [1.82, 2.24) is 35.8 Å². The molecule has 6 N–H and O–H groups in total. The Hall–Kier alpha value is -6.15. The number of hydrogen-bond acceptors (Lipinski definition) is 16. The summed E-state index contributed by atoms with van der Waals surface area (Å²) in [5.74, 6) is -0.0562. The molecule has 4 amide bonds. The number of nitrogens with zero attached hydrogens (tertiary/aromatic N) is 5. The van der Waals surface area contributed by atoms with Crippen LogP contribution < -0.4 is 41.5 Å². The van der Waals surface area contributed by atoms with E-state index < -0.39 is 36.7 Å². The van der Waals surface area contributed by atoms with Crippen LogP contribution in [0.1, 0.15) is 64.1 Å². The first-order valence-electron chi connectivity index (χ1n) is 25.4. The molecule has 0 bridgehead atoms. The molecule has 0 aliphatic carbocycles. The number of methoxy groups -OCH3 is 1. The van der Waals surface area contributed by atoms with Crippen LogP contribution in [0.4, 0.5) is 28.8 Å². The lowest BCUT2D eigenvalue weighted by Crippen LogP contribution is -2.57. The molecule has 2 fully saturated rings. The van der Waals surface area contributed by atoms with E-state index >= 15 is 0 Å². The van der Waals surface area contributed by atoms with Crippen LogP contribution in [0.15, 0.2) is 78.4 Å². The van der Waals surface area contributed by atoms with Crippen LogP contribution in [-0.2, 0) is 39.8 Å². The molecule has 5 aromatic rings. The third kappa shape index (κ3) is 15.7. The molecule has 3 aromatic carbocycles. The minimum atomic E-state index is -2.58. The highest BCUT2D eigenvalue weighted by Crippen LogP contribution is 2.39. The number of β-amino-alcohol motifs (C(OH)–C–C–N with tert-alkyl or cyclic N) is 1. The monoisotopic (exact) mass is 1100 g/mol. The summed E-state index contributed by atoms with van der Waals surface area (Å²) in [6, 6.07) is 19.2. The molecule has 7 rings (SSSR count). The summed E-state index contributed by atoms with van der Waals surface area (Å²) in [6.07, 6.45) is 2.41. The fourth-order valence-electron chi connectivity index (χ4n) is 9.04. The SMILES string of the molecule is COc1cc(N2CCC(NC(=O)CCOCCOCCC(=O)NC(C(=O)N3C[C@H](O)C[C@H]3C(=O)NCc3ccc(-c4scnc4C)cc3)C(C)(C)C)CC2)ccc1Nc1ncc(Cl)c(Nc2ccccc2P(C)(C)=O)n1. The predicted octanol–water partition coefficient (Wildman–Crippen LogP) is 7.01. The number of carbonyl (C=O) groups is 4. The van der Waals surface area contributed by atoms with Crippen molar-refractivity contribution in [3.63, 3.8) is 0 Å². The summed E-state index contributed by atoms with van der Waals surface area (Å²) in [5.41, 5.74) is 6.28. The number of aliphatic hydroxyl groups is 1. The number of likely N-dealkylation sites (tertiary alicyclic amines) is 1. The van der Waals surface area contributed by atoms with Crippen LogP contribution in [0.5, 0.6) is 5.75 Å². The molecule has 408 valence electrons. The van der Waals surface area contributed by atoms with Gasteiger partial charge in [0.05, 0.1) is 73.3 Å². The number of benzene rings is 3. The Morgan fingerprint density at radius 2 is 1.61 bits per heavy atom. The smallest absolute Gasteiger partial charge is 0.246 e. The van der Waals surface area contributed by atoms with Gasteiger partial charge < -0.3 is 60.3 Å². The molecule has 19 nitrogen and oxygen atoms in total. The summed E-state index contributed by atoms with van der Waals surface area (Å²) >= 11 is 8.04. The first-order valence-corrected chi connectivity index (χ1v) is 29.3. The molecule has 22 heteroatoms. The quantitative estimate of drug-likeness (QED) is 0.0285. The Kier molecular flexibility index (Phi) is 19.9. The first-order chi connectivity index (χ1) is 36.3.